The van der Waals surface area contributed by atoms with Gasteiger partial charge in [-0.15, -0.1) is 0 Å². The van der Waals surface area contributed by atoms with Crippen molar-refractivity contribution < 1.29 is 5.11 Å². The van der Waals surface area contributed by atoms with Crippen LogP contribution in [-0.2, 0) is 0 Å². The quantitative estimate of drug-likeness (QED) is 0.727. The lowest BCUT2D eigenvalue weighted by atomic mass is 10.2. The highest BCUT2D eigenvalue weighted by Gasteiger charge is 2.06. The number of nitrogens with one attached hydrogen (secondary N) is 1. The first-order valence-electron chi connectivity index (χ1n) is 4.36. The van der Waals surface area contributed by atoms with E-state index in [1.807, 2.05) is 13.0 Å². The molecule has 14 heavy (non-hydrogen) atoms. The van der Waals surface area contributed by atoms with E-state index >= 15 is 0 Å². The lowest BCUT2D eigenvalue weighted by Crippen LogP contribution is -2.18. The maximum Gasteiger partial charge on any atom is 0.182 e. The van der Waals surface area contributed by atoms with Gasteiger partial charge in [0, 0.05) is 25.0 Å². The van der Waals surface area contributed by atoms with Crippen molar-refractivity contribution in [1.29, 1.82) is 5.26 Å². The van der Waals surface area contributed by atoms with Crippen LogP contribution in [0.3, 0.4) is 0 Å². The average Bonchev–Trinajstić information content (AvgIpc) is 2.19. The summed E-state index contributed by atoms with van der Waals surface area (Å²) in [5, 5.41) is 20.4. The molecule has 0 amide bonds. The molecule has 0 saturated heterocycles. The summed E-state index contributed by atoms with van der Waals surface area (Å²) in [4.78, 5) is 7.86. The molecule has 1 rings (SSSR count). The fourth-order valence-corrected chi connectivity index (χ4v) is 1.02. The van der Waals surface area contributed by atoms with Crippen LogP contribution in [0.4, 0.5) is 5.82 Å². The third kappa shape index (κ3) is 2.68. The minimum atomic E-state index is 0.0730. The van der Waals surface area contributed by atoms with Gasteiger partial charge >= 0.3 is 0 Å². The molecule has 5 heteroatoms. The zero-order valence-corrected chi connectivity index (χ0v) is 7.94. The summed E-state index contributed by atoms with van der Waals surface area (Å²) in [6, 6.07) is 2.02. The standard InChI is InChI=1S/C9H12N4O/c1-7(2-5-14)13-9-8(6-10)11-3-4-12-9/h3-4,7,14H,2,5H2,1H3,(H,12,13)/t7-/m0/s1. The summed E-state index contributed by atoms with van der Waals surface area (Å²) in [5.41, 5.74) is 0.275. The highest BCUT2D eigenvalue weighted by molar-refractivity contribution is 5.47. The maximum absolute atomic E-state index is 8.72. The van der Waals surface area contributed by atoms with Gasteiger partial charge in [0.15, 0.2) is 11.5 Å². The van der Waals surface area contributed by atoms with E-state index in [2.05, 4.69) is 15.3 Å². The Bertz CT molecular complexity index is 334. The maximum atomic E-state index is 8.72. The van der Waals surface area contributed by atoms with E-state index in [4.69, 9.17) is 10.4 Å². The molecule has 0 aliphatic carbocycles. The second-order valence-corrected chi connectivity index (χ2v) is 2.92. The van der Waals surface area contributed by atoms with E-state index in [1.54, 1.807) is 0 Å². The normalized spacial score (nSPS) is 11.8. The Hall–Kier alpha value is -1.67. The summed E-state index contributed by atoms with van der Waals surface area (Å²) in [5.74, 6) is 0.468. The van der Waals surface area contributed by atoms with Crippen LogP contribution in [0.1, 0.15) is 19.0 Å². The Labute approximate surface area is 82.4 Å². The summed E-state index contributed by atoms with van der Waals surface area (Å²) in [7, 11) is 0. The van der Waals surface area contributed by atoms with Crippen LogP contribution < -0.4 is 5.32 Å². The van der Waals surface area contributed by atoms with Crippen LogP contribution in [-0.4, -0.2) is 27.7 Å². The molecule has 1 atom stereocenters. The van der Waals surface area contributed by atoms with Crippen LogP contribution >= 0.6 is 0 Å². The summed E-state index contributed by atoms with van der Waals surface area (Å²) in [6.45, 7) is 2.02. The molecule has 0 fully saturated rings. The Morgan fingerprint density at radius 1 is 1.57 bits per heavy atom. The fourth-order valence-electron chi connectivity index (χ4n) is 1.02. The van der Waals surface area contributed by atoms with E-state index < -0.39 is 0 Å². The molecule has 0 unspecified atom stereocenters. The lowest BCUT2D eigenvalue weighted by Gasteiger charge is -2.12. The monoisotopic (exact) mass is 192 g/mol. The topological polar surface area (TPSA) is 81.8 Å². The van der Waals surface area contributed by atoms with Crippen molar-refractivity contribution >= 4 is 5.82 Å². The smallest absolute Gasteiger partial charge is 0.182 e. The van der Waals surface area contributed by atoms with Crippen molar-refractivity contribution in [2.45, 2.75) is 19.4 Å². The summed E-state index contributed by atoms with van der Waals surface area (Å²) in [6.07, 6.45) is 3.61. The minimum Gasteiger partial charge on any atom is -0.396 e. The average molecular weight is 192 g/mol. The number of anilines is 1. The van der Waals surface area contributed by atoms with E-state index in [0.717, 1.165) is 0 Å². The second-order valence-electron chi connectivity index (χ2n) is 2.92. The molecule has 0 spiro atoms. The third-order valence-electron chi connectivity index (χ3n) is 1.75. The molecular formula is C9H12N4O. The van der Waals surface area contributed by atoms with Crippen LogP contribution in [0.15, 0.2) is 12.4 Å². The first kappa shape index (κ1) is 10.4. The molecular weight excluding hydrogens is 180 g/mol. The summed E-state index contributed by atoms with van der Waals surface area (Å²) < 4.78 is 0. The van der Waals surface area contributed by atoms with Gasteiger partial charge in [-0.05, 0) is 13.3 Å². The number of aliphatic hydroxyl groups excluding tert-OH is 1. The van der Waals surface area contributed by atoms with Gasteiger partial charge in [0.25, 0.3) is 0 Å². The summed E-state index contributed by atoms with van der Waals surface area (Å²) >= 11 is 0. The number of rotatable bonds is 4. The van der Waals surface area contributed by atoms with Gasteiger partial charge in [0.05, 0.1) is 0 Å². The number of aromatic nitrogens is 2. The number of aliphatic hydroxyl groups is 1. The van der Waals surface area contributed by atoms with Crippen LogP contribution in [0, 0.1) is 11.3 Å². The number of hydrogen-bond donors (Lipinski definition) is 2. The van der Waals surface area contributed by atoms with Crippen LogP contribution in [0.2, 0.25) is 0 Å². The van der Waals surface area contributed by atoms with E-state index in [-0.39, 0.29) is 18.3 Å². The van der Waals surface area contributed by atoms with Crippen LogP contribution in [0.5, 0.6) is 0 Å². The van der Waals surface area contributed by atoms with Crippen molar-refractivity contribution in [3.8, 4) is 6.07 Å². The predicted octanol–water partition coefficient (Wildman–Crippen LogP) is 0.531. The fraction of sp³-hybridized carbons (Fsp3) is 0.444. The zero-order valence-electron chi connectivity index (χ0n) is 7.94. The molecule has 74 valence electrons. The van der Waals surface area contributed by atoms with Gasteiger partial charge in [-0.25, -0.2) is 9.97 Å². The molecule has 1 heterocycles. The molecule has 0 radical (unpaired) electrons. The highest BCUT2D eigenvalue weighted by Crippen LogP contribution is 2.08. The number of nitriles is 1. The predicted molar refractivity (Wildman–Crippen MR) is 51.5 cm³/mol. The van der Waals surface area contributed by atoms with Gasteiger partial charge in [0.2, 0.25) is 0 Å². The Balaban J connectivity index is 2.71. The molecule has 2 N–H and O–H groups in total. The van der Waals surface area contributed by atoms with Gasteiger partial charge in [-0.1, -0.05) is 0 Å². The Morgan fingerprint density at radius 3 is 2.93 bits per heavy atom. The van der Waals surface area contributed by atoms with Gasteiger partial charge in [-0.3, -0.25) is 0 Å². The van der Waals surface area contributed by atoms with E-state index in [9.17, 15) is 0 Å². The highest BCUT2D eigenvalue weighted by atomic mass is 16.3. The molecule has 0 saturated carbocycles. The number of hydrogen-bond acceptors (Lipinski definition) is 5. The molecule has 1 aromatic heterocycles. The Morgan fingerprint density at radius 2 is 2.29 bits per heavy atom. The molecule has 0 aromatic carbocycles. The first-order valence-corrected chi connectivity index (χ1v) is 4.36. The lowest BCUT2D eigenvalue weighted by molar-refractivity contribution is 0.282. The third-order valence-corrected chi connectivity index (χ3v) is 1.75. The SMILES string of the molecule is C[C@@H](CCO)Nc1nccnc1C#N. The van der Waals surface area contributed by atoms with E-state index in [1.165, 1.54) is 12.4 Å². The van der Waals surface area contributed by atoms with Crippen molar-refractivity contribution in [3.05, 3.63) is 18.1 Å². The van der Waals surface area contributed by atoms with Crippen molar-refractivity contribution in [3.63, 3.8) is 0 Å². The molecule has 0 bridgehead atoms. The van der Waals surface area contributed by atoms with E-state index in [0.29, 0.717) is 12.2 Å². The van der Waals surface area contributed by atoms with Gasteiger partial charge in [-0.2, -0.15) is 5.26 Å². The number of nitrogens with zero attached hydrogens (tertiary/aromatic N) is 3. The van der Waals surface area contributed by atoms with Crippen molar-refractivity contribution in [1.82, 2.24) is 9.97 Å². The first-order chi connectivity index (χ1) is 6.77. The minimum absolute atomic E-state index is 0.0730. The zero-order chi connectivity index (χ0) is 10.4. The van der Waals surface area contributed by atoms with Gasteiger partial charge < -0.3 is 10.4 Å². The molecule has 0 aliphatic heterocycles. The van der Waals surface area contributed by atoms with Crippen molar-refractivity contribution in [2.75, 3.05) is 11.9 Å². The molecule has 0 aliphatic rings. The van der Waals surface area contributed by atoms with Crippen LogP contribution in [0.25, 0.3) is 0 Å². The molecule has 5 nitrogen and oxygen atoms in total. The van der Waals surface area contributed by atoms with Crippen molar-refractivity contribution in [2.24, 2.45) is 0 Å². The Kier molecular flexibility index (Phi) is 3.83. The largest absolute Gasteiger partial charge is 0.396 e. The second kappa shape index (κ2) is 5.14. The molecule has 1 aromatic rings. The van der Waals surface area contributed by atoms with Gasteiger partial charge in [0.1, 0.15) is 6.07 Å².